The molecular weight excluding hydrogens is 352 g/mol. The number of fused-ring (bicyclic) bond motifs is 1. The highest BCUT2D eigenvalue weighted by atomic mass is 32.2. The van der Waals surface area contributed by atoms with Gasteiger partial charge in [-0.25, -0.2) is 17.9 Å². The van der Waals surface area contributed by atoms with Gasteiger partial charge in [-0.3, -0.25) is 4.98 Å². The second-order valence-corrected chi connectivity index (χ2v) is 8.29. The fourth-order valence-corrected chi connectivity index (χ4v) is 5.25. The summed E-state index contributed by atoms with van der Waals surface area (Å²) in [5, 5.41) is 4.29. The minimum Gasteiger partial charge on any atom is -0.366 e. The third-order valence-corrected chi connectivity index (χ3v) is 6.70. The Bertz CT molecular complexity index is 1030. The van der Waals surface area contributed by atoms with Crippen LogP contribution in [-0.2, 0) is 10.0 Å². The number of piperazine rings is 1. The van der Waals surface area contributed by atoms with Crippen LogP contribution >= 0.6 is 0 Å². The monoisotopic (exact) mass is 372 g/mol. The summed E-state index contributed by atoms with van der Waals surface area (Å²) in [4.78, 5) is 10.7. The van der Waals surface area contributed by atoms with Crippen molar-refractivity contribution >= 4 is 21.4 Å². The summed E-state index contributed by atoms with van der Waals surface area (Å²) >= 11 is 0. The SMILES string of the molecule is Cc1nn2cccnc2c1S(=O)(=O)N1CCN(c2ccncc2)C(C)C1. The third-order valence-electron chi connectivity index (χ3n) is 4.70. The quantitative estimate of drug-likeness (QED) is 0.690. The van der Waals surface area contributed by atoms with Crippen molar-refractivity contribution in [3.8, 4) is 0 Å². The maximum absolute atomic E-state index is 13.3. The lowest BCUT2D eigenvalue weighted by molar-refractivity contribution is 0.342. The molecule has 4 rings (SSSR count). The van der Waals surface area contributed by atoms with Crippen LogP contribution in [-0.4, -0.2) is 58.0 Å². The van der Waals surface area contributed by atoms with E-state index in [0.29, 0.717) is 31.0 Å². The standard InChI is InChI=1S/C17H20N6O2S/c1-13-12-21(10-11-22(13)15-4-7-18-8-5-15)26(24,25)16-14(2)20-23-9-3-6-19-17(16)23/h3-9,13H,10-12H2,1-2H3. The Balaban J connectivity index is 1.65. The zero-order chi connectivity index (χ0) is 18.3. The molecule has 0 amide bonds. The van der Waals surface area contributed by atoms with E-state index in [0.717, 1.165) is 5.69 Å². The molecule has 0 aromatic carbocycles. The van der Waals surface area contributed by atoms with Gasteiger partial charge in [0, 0.05) is 56.2 Å². The minimum absolute atomic E-state index is 0.0519. The maximum atomic E-state index is 13.3. The molecule has 3 aromatic heterocycles. The zero-order valence-corrected chi connectivity index (χ0v) is 15.5. The molecule has 8 nitrogen and oxygen atoms in total. The van der Waals surface area contributed by atoms with E-state index in [-0.39, 0.29) is 10.9 Å². The molecule has 0 bridgehead atoms. The lowest BCUT2D eigenvalue weighted by Crippen LogP contribution is -2.53. The molecule has 1 saturated heterocycles. The second kappa shape index (κ2) is 6.33. The number of anilines is 1. The first-order valence-electron chi connectivity index (χ1n) is 8.45. The average Bonchev–Trinajstić information content (AvgIpc) is 2.98. The summed E-state index contributed by atoms with van der Waals surface area (Å²) in [5.74, 6) is 0. The van der Waals surface area contributed by atoms with Crippen molar-refractivity contribution in [3.63, 3.8) is 0 Å². The number of hydrogen-bond donors (Lipinski definition) is 0. The van der Waals surface area contributed by atoms with Gasteiger partial charge in [-0.2, -0.15) is 9.40 Å². The number of rotatable bonds is 3. The molecule has 1 aliphatic rings. The Hall–Kier alpha value is -2.52. The van der Waals surface area contributed by atoms with Crippen LogP contribution < -0.4 is 4.90 Å². The van der Waals surface area contributed by atoms with Crippen LogP contribution in [0.3, 0.4) is 0 Å². The highest BCUT2D eigenvalue weighted by molar-refractivity contribution is 7.89. The number of aryl methyl sites for hydroxylation is 1. The molecule has 136 valence electrons. The summed E-state index contributed by atoms with van der Waals surface area (Å²) in [7, 11) is -3.67. The van der Waals surface area contributed by atoms with Crippen LogP contribution in [0.4, 0.5) is 5.69 Å². The van der Waals surface area contributed by atoms with Gasteiger partial charge in [-0.05, 0) is 32.0 Å². The Morgan fingerprint density at radius 1 is 1.15 bits per heavy atom. The van der Waals surface area contributed by atoms with Gasteiger partial charge in [-0.15, -0.1) is 0 Å². The highest BCUT2D eigenvalue weighted by Crippen LogP contribution is 2.27. The fourth-order valence-electron chi connectivity index (χ4n) is 3.47. The van der Waals surface area contributed by atoms with Gasteiger partial charge < -0.3 is 4.90 Å². The first-order chi connectivity index (χ1) is 12.5. The van der Waals surface area contributed by atoms with Crippen LogP contribution in [0.25, 0.3) is 5.65 Å². The van der Waals surface area contributed by atoms with Crippen molar-refractivity contribution in [1.82, 2.24) is 23.9 Å². The fraction of sp³-hybridized carbons (Fsp3) is 0.353. The van der Waals surface area contributed by atoms with Gasteiger partial charge in [-0.1, -0.05) is 0 Å². The molecule has 0 radical (unpaired) electrons. The summed E-state index contributed by atoms with van der Waals surface area (Å²) in [6, 6.07) is 5.67. The highest BCUT2D eigenvalue weighted by Gasteiger charge is 2.35. The Morgan fingerprint density at radius 2 is 1.92 bits per heavy atom. The van der Waals surface area contributed by atoms with Gasteiger partial charge in [0.15, 0.2) is 5.65 Å². The Labute approximate surface area is 152 Å². The first kappa shape index (κ1) is 16.9. The largest absolute Gasteiger partial charge is 0.366 e. The van der Waals surface area contributed by atoms with Gasteiger partial charge in [0.2, 0.25) is 10.0 Å². The van der Waals surface area contributed by atoms with Crippen LogP contribution in [0.15, 0.2) is 47.9 Å². The molecule has 26 heavy (non-hydrogen) atoms. The molecule has 4 heterocycles. The molecule has 0 aliphatic carbocycles. The number of sulfonamides is 1. The van der Waals surface area contributed by atoms with E-state index in [1.165, 1.54) is 8.82 Å². The van der Waals surface area contributed by atoms with Gasteiger partial charge in [0.05, 0.1) is 5.69 Å². The molecule has 3 aromatic rings. The van der Waals surface area contributed by atoms with E-state index in [1.807, 2.05) is 19.1 Å². The molecule has 0 saturated carbocycles. The summed E-state index contributed by atoms with van der Waals surface area (Å²) in [5.41, 5.74) is 1.89. The third kappa shape index (κ3) is 2.73. The number of nitrogens with zero attached hydrogens (tertiary/aromatic N) is 6. The van der Waals surface area contributed by atoms with E-state index in [2.05, 4.69) is 20.0 Å². The Kier molecular flexibility index (Phi) is 4.12. The van der Waals surface area contributed by atoms with Gasteiger partial charge in [0.25, 0.3) is 0 Å². The lowest BCUT2D eigenvalue weighted by atomic mass is 10.2. The normalized spacial score (nSPS) is 19.2. The lowest BCUT2D eigenvalue weighted by Gasteiger charge is -2.40. The summed E-state index contributed by atoms with van der Waals surface area (Å²) < 4.78 is 29.6. The van der Waals surface area contributed by atoms with Crippen LogP contribution in [0.1, 0.15) is 12.6 Å². The zero-order valence-electron chi connectivity index (χ0n) is 14.6. The van der Waals surface area contributed by atoms with Crippen LogP contribution in [0, 0.1) is 6.92 Å². The molecule has 9 heteroatoms. The Morgan fingerprint density at radius 3 is 2.65 bits per heavy atom. The van der Waals surface area contributed by atoms with Crippen molar-refractivity contribution in [1.29, 1.82) is 0 Å². The molecule has 1 fully saturated rings. The van der Waals surface area contributed by atoms with E-state index in [1.54, 1.807) is 37.8 Å². The number of pyridine rings is 1. The van der Waals surface area contributed by atoms with E-state index in [4.69, 9.17) is 0 Å². The van der Waals surface area contributed by atoms with E-state index < -0.39 is 10.0 Å². The first-order valence-corrected chi connectivity index (χ1v) is 9.89. The smallest absolute Gasteiger partial charge is 0.248 e. The maximum Gasteiger partial charge on any atom is 0.248 e. The molecule has 1 unspecified atom stereocenters. The topological polar surface area (TPSA) is 83.7 Å². The van der Waals surface area contributed by atoms with Crippen molar-refractivity contribution in [2.45, 2.75) is 24.8 Å². The minimum atomic E-state index is -3.67. The van der Waals surface area contributed by atoms with Gasteiger partial charge >= 0.3 is 0 Å². The van der Waals surface area contributed by atoms with E-state index in [9.17, 15) is 8.42 Å². The molecule has 1 aliphatic heterocycles. The average molecular weight is 372 g/mol. The molecular formula is C17H20N6O2S. The molecule has 1 atom stereocenters. The van der Waals surface area contributed by atoms with E-state index >= 15 is 0 Å². The van der Waals surface area contributed by atoms with Crippen molar-refractivity contribution in [2.24, 2.45) is 0 Å². The number of hydrogen-bond acceptors (Lipinski definition) is 6. The second-order valence-electron chi connectivity index (χ2n) is 6.41. The predicted molar refractivity (Wildman–Crippen MR) is 97.5 cm³/mol. The molecule has 0 spiro atoms. The van der Waals surface area contributed by atoms with Crippen LogP contribution in [0.2, 0.25) is 0 Å². The molecule has 0 N–H and O–H groups in total. The van der Waals surface area contributed by atoms with Crippen molar-refractivity contribution in [3.05, 3.63) is 48.7 Å². The number of aromatic nitrogens is 4. The summed E-state index contributed by atoms with van der Waals surface area (Å²) in [6.07, 6.45) is 6.79. The van der Waals surface area contributed by atoms with Gasteiger partial charge in [0.1, 0.15) is 4.90 Å². The van der Waals surface area contributed by atoms with Crippen LogP contribution in [0.5, 0.6) is 0 Å². The summed E-state index contributed by atoms with van der Waals surface area (Å²) in [6.45, 7) is 5.19. The predicted octanol–water partition coefficient (Wildman–Crippen LogP) is 1.33. The van der Waals surface area contributed by atoms with Crippen molar-refractivity contribution < 1.29 is 8.42 Å². The van der Waals surface area contributed by atoms with Crippen molar-refractivity contribution in [2.75, 3.05) is 24.5 Å².